The van der Waals surface area contributed by atoms with Crippen LogP contribution >= 0.6 is 0 Å². The first-order valence-corrected chi connectivity index (χ1v) is 6.71. The quantitative estimate of drug-likeness (QED) is 0.762. The van der Waals surface area contributed by atoms with Crippen LogP contribution in [0.2, 0.25) is 0 Å². The molecule has 1 amide bonds. The summed E-state index contributed by atoms with van der Waals surface area (Å²) in [5.74, 6) is -0.463. The van der Waals surface area contributed by atoms with Gasteiger partial charge in [-0.3, -0.25) is 4.79 Å². The molecule has 0 atom stereocenters. The molecule has 1 heterocycles. The van der Waals surface area contributed by atoms with Gasteiger partial charge in [-0.05, 0) is 31.7 Å². The SMILES string of the molecule is Cc1[nH]c(C(=O)O)c(C)c1C(=O)NCCC1CCC1. The van der Waals surface area contributed by atoms with Crippen LogP contribution in [0.4, 0.5) is 0 Å². The molecular formula is C14H20N2O3. The number of amides is 1. The average molecular weight is 264 g/mol. The smallest absolute Gasteiger partial charge is 0.352 e. The highest BCUT2D eigenvalue weighted by Crippen LogP contribution is 2.28. The molecule has 19 heavy (non-hydrogen) atoms. The van der Waals surface area contributed by atoms with E-state index in [1.165, 1.54) is 19.3 Å². The average Bonchev–Trinajstić information content (AvgIpc) is 2.58. The zero-order chi connectivity index (χ0) is 14.0. The van der Waals surface area contributed by atoms with Gasteiger partial charge in [0.05, 0.1) is 5.56 Å². The van der Waals surface area contributed by atoms with Crippen LogP contribution in [0.5, 0.6) is 0 Å². The number of hydrogen-bond donors (Lipinski definition) is 3. The number of carbonyl (C=O) groups is 2. The van der Waals surface area contributed by atoms with Gasteiger partial charge < -0.3 is 15.4 Å². The molecule has 0 bridgehead atoms. The molecule has 0 unspecified atom stereocenters. The fraction of sp³-hybridized carbons (Fsp3) is 0.571. The van der Waals surface area contributed by atoms with E-state index in [9.17, 15) is 9.59 Å². The molecule has 3 N–H and O–H groups in total. The molecule has 104 valence electrons. The van der Waals surface area contributed by atoms with Gasteiger partial charge in [0.2, 0.25) is 0 Å². The standard InChI is InChI=1S/C14H20N2O3/c1-8-11(9(2)16-12(8)14(18)19)13(17)15-7-6-10-4-3-5-10/h10,16H,3-7H2,1-2H3,(H,15,17)(H,18,19). The van der Waals surface area contributed by atoms with E-state index in [2.05, 4.69) is 10.3 Å². The zero-order valence-corrected chi connectivity index (χ0v) is 11.4. The van der Waals surface area contributed by atoms with Gasteiger partial charge in [-0.25, -0.2) is 4.79 Å². The second kappa shape index (κ2) is 5.47. The highest BCUT2D eigenvalue weighted by atomic mass is 16.4. The minimum atomic E-state index is -1.03. The van der Waals surface area contributed by atoms with Gasteiger partial charge in [0.1, 0.15) is 5.69 Å². The maximum atomic E-state index is 12.1. The third kappa shape index (κ3) is 2.80. The van der Waals surface area contributed by atoms with Gasteiger partial charge >= 0.3 is 5.97 Å². The van der Waals surface area contributed by atoms with E-state index in [0.29, 0.717) is 23.4 Å². The minimum Gasteiger partial charge on any atom is -0.477 e. The van der Waals surface area contributed by atoms with E-state index >= 15 is 0 Å². The number of carboxylic acids is 1. The maximum absolute atomic E-state index is 12.1. The van der Waals surface area contributed by atoms with Crippen LogP contribution in [0.3, 0.4) is 0 Å². The van der Waals surface area contributed by atoms with Crippen LogP contribution in [0, 0.1) is 19.8 Å². The summed E-state index contributed by atoms with van der Waals surface area (Å²) in [5.41, 5.74) is 1.68. The van der Waals surface area contributed by atoms with Gasteiger partial charge in [0, 0.05) is 12.2 Å². The molecule has 5 heteroatoms. The Labute approximate surface area is 112 Å². The van der Waals surface area contributed by atoms with Crippen LogP contribution < -0.4 is 5.32 Å². The molecule has 0 radical (unpaired) electrons. The number of aromatic amines is 1. The molecule has 0 aromatic carbocycles. The summed E-state index contributed by atoms with van der Waals surface area (Å²) in [5, 5.41) is 11.9. The number of aromatic carboxylic acids is 1. The first-order chi connectivity index (χ1) is 9.00. The van der Waals surface area contributed by atoms with Gasteiger partial charge in [-0.1, -0.05) is 19.3 Å². The summed E-state index contributed by atoms with van der Waals surface area (Å²) in [6.45, 7) is 4.05. The fourth-order valence-corrected chi connectivity index (χ4v) is 2.56. The highest BCUT2D eigenvalue weighted by Gasteiger charge is 2.22. The lowest BCUT2D eigenvalue weighted by atomic mass is 9.83. The Morgan fingerprint density at radius 2 is 2.05 bits per heavy atom. The van der Waals surface area contributed by atoms with E-state index in [1.807, 2.05) is 0 Å². The lowest BCUT2D eigenvalue weighted by Gasteiger charge is -2.25. The number of H-pyrrole nitrogens is 1. The molecule has 1 fully saturated rings. The molecule has 0 spiro atoms. The number of aryl methyl sites for hydroxylation is 1. The van der Waals surface area contributed by atoms with Crippen molar-refractivity contribution in [2.45, 2.75) is 39.5 Å². The molecule has 0 aliphatic heterocycles. The molecule has 1 aliphatic carbocycles. The maximum Gasteiger partial charge on any atom is 0.352 e. The lowest BCUT2D eigenvalue weighted by Crippen LogP contribution is -2.28. The second-order valence-corrected chi connectivity index (χ2v) is 5.27. The third-order valence-electron chi connectivity index (χ3n) is 3.94. The summed E-state index contributed by atoms with van der Waals surface area (Å²) in [6, 6.07) is 0. The van der Waals surface area contributed by atoms with Crippen LogP contribution in [-0.2, 0) is 0 Å². The largest absolute Gasteiger partial charge is 0.477 e. The first-order valence-electron chi connectivity index (χ1n) is 6.71. The first kappa shape index (κ1) is 13.6. The number of nitrogens with one attached hydrogen (secondary N) is 2. The van der Waals surface area contributed by atoms with Crippen LogP contribution in [0.25, 0.3) is 0 Å². The summed E-state index contributed by atoms with van der Waals surface area (Å²) in [6.07, 6.45) is 4.85. The molecular weight excluding hydrogens is 244 g/mol. The van der Waals surface area contributed by atoms with Crippen molar-refractivity contribution < 1.29 is 14.7 Å². The van der Waals surface area contributed by atoms with Gasteiger partial charge in [-0.2, -0.15) is 0 Å². The Hall–Kier alpha value is -1.78. The highest BCUT2D eigenvalue weighted by molar-refractivity contribution is 6.00. The molecule has 1 aromatic rings. The van der Waals surface area contributed by atoms with E-state index in [0.717, 1.165) is 12.3 Å². The predicted molar refractivity (Wildman–Crippen MR) is 71.5 cm³/mol. The fourth-order valence-electron chi connectivity index (χ4n) is 2.56. The number of aromatic nitrogens is 1. The second-order valence-electron chi connectivity index (χ2n) is 5.27. The van der Waals surface area contributed by atoms with Crippen molar-refractivity contribution in [1.29, 1.82) is 0 Å². The van der Waals surface area contributed by atoms with Gasteiger partial charge in [0.25, 0.3) is 5.91 Å². The Morgan fingerprint density at radius 3 is 2.53 bits per heavy atom. The molecule has 1 aromatic heterocycles. The molecule has 2 rings (SSSR count). The van der Waals surface area contributed by atoms with Crippen molar-refractivity contribution in [2.24, 2.45) is 5.92 Å². The molecule has 0 saturated heterocycles. The summed E-state index contributed by atoms with van der Waals surface area (Å²) in [4.78, 5) is 25.8. The summed E-state index contributed by atoms with van der Waals surface area (Å²) in [7, 11) is 0. The van der Waals surface area contributed by atoms with Crippen molar-refractivity contribution >= 4 is 11.9 Å². The zero-order valence-electron chi connectivity index (χ0n) is 11.4. The van der Waals surface area contributed by atoms with Crippen LogP contribution in [-0.4, -0.2) is 28.5 Å². The van der Waals surface area contributed by atoms with Crippen molar-refractivity contribution in [3.63, 3.8) is 0 Å². The molecule has 1 aliphatic rings. The van der Waals surface area contributed by atoms with Crippen molar-refractivity contribution in [3.8, 4) is 0 Å². The summed E-state index contributed by atoms with van der Waals surface area (Å²) >= 11 is 0. The Morgan fingerprint density at radius 1 is 1.37 bits per heavy atom. The molecule has 1 saturated carbocycles. The number of rotatable bonds is 5. The predicted octanol–water partition coefficient (Wildman–Crippen LogP) is 2.25. The topological polar surface area (TPSA) is 82.2 Å². The van der Waals surface area contributed by atoms with E-state index in [4.69, 9.17) is 5.11 Å². The number of carbonyl (C=O) groups excluding carboxylic acids is 1. The third-order valence-corrected chi connectivity index (χ3v) is 3.94. The number of carboxylic acid groups (broad SMARTS) is 1. The van der Waals surface area contributed by atoms with Crippen molar-refractivity contribution in [2.75, 3.05) is 6.54 Å². The Kier molecular flexibility index (Phi) is 3.93. The van der Waals surface area contributed by atoms with Crippen LogP contribution in [0.1, 0.15) is 57.8 Å². The van der Waals surface area contributed by atoms with Crippen molar-refractivity contribution in [3.05, 3.63) is 22.5 Å². The molecule has 5 nitrogen and oxygen atoms in total. The minimum absolute atomic E-state index is 0.0987. The Bertz CT molecular complexity index is 501. The normalized spacial score (nSPS) is 15.1. The Balaban J connectivity index is 1.99. The number of hydrogen-bond acceptors (Lipinski definition) is 2. The van der Waals surface area contributed by atoms with Gasteiger partial charge in [0.15, 0.2) is 0 Å². The van der Waals surface area contributed by atoms with Crippen LogP contribution in [0.15, 0.2) is 0 Å². The van der Waals surface area contributed by atoms with E-state index in [-0.39, 0.29) is 11.6 Å². The lowest BCUT2D eigenvalue weighted by molar-refractivity contribution is 0.0690. The van der Waals surface area contributed by atoms with E-state index < -0.39 is 5.97 Å². The van der Waals surface area contributed by atoms with Gasteiger partial charge in [-0.15, -0.1) is 0 Å². The monoisotopic (exact) mass is 264 g/mol. The van der Waals surface area contributed by atoms with E-state index in [1.54, 1.807) is 13.8 Å². The van der Waals surface area contributed by atoms with Crippen molar-refractivity contribution in [1.82, 2.24) is 10.3 Å². The summed E-state index contributed by atoms with van der Waals surface area (Å²) < 4.78 is 0.